The average Bonchev–Trinajstić information content (AvgIpc) is 2.65. The molecule has 94 valence electrons. The number of carboxylic acids is 2. The fraction of sp³-hybridized carbons (Fsp3) is 0.500. The lowest BCUT2D eigenvalue weighted by Gasteiger charge is -2.04. The van der Waals surface area contributed by atoms with E-state index < -0.39 is 24.0 Å². The lowest BCUT2D eigenvalue weighted by molar-refractivity contribution is -0.139. The molecule has 0 aromatic carbocycles. The Morgan fingerprint density at radius 3 is 2.41 bits per heavy atom. The van der Waals surface area contributed by atoms with Crippen LogP contribution in [-0.2, 0) is 22.6 Å². The Bertz CT molecular complexity index is 381. The van der Waals surface area contributed by atoms with Gasteiger partial charge < -0.3 is 21.7 Å². The third-order valence-corrected chi connectivity index (χ3v) is 2.03. The van der Waals surface area contributed by atoms with Crippen LogP contribution in [-0.4, -0.2) is 49.2 Å². The van der Waals surface area contributed by atoms with Crippen molar-refractivity contribution < 1.29 is 19.8 Å². The van der Waals surface area contributed by atoms with Gasteiger partial charge in [0, 0.05) is 12.6 Å². The first-order valence-corrected chi connectivity index (χ1v) is 4.76. The molecule has 0 amide bonds. The van der Waals surface area contributed by atoms with Gasteiger partial charge in [-0.1, -0.05) is 5.21 Å². The van der Waals surface area contributed by atoms with Gasteiger partial charge in [0.25, 0.3) is 0 Å². The van der Waals surface area contributed by atoms with Crippen molar-refractivity contribution in [2.75, 3.05) is 0 Å². The first kappa shape index (κ1) is 13.1. The van der Waals surface area contributed by atoms with Crippen LogP contribution in [0.2, 0.25) is 0 Å². The third-order valence-electron chi connectivity index (χ3n) is 2.03. The number of hydrogen-bond acceptors (Lipinski definition) is 6. The minimum Gasteiger partial charge on any atom is -0.480 e. The second-order valence-electron chi connectivity index (χ2n) is 3.53. The first-order chi connectivity index (χ1) is 7.90. The lowest BCUT2D eigenvalue weighted by Crippen LogP contribution is -2.34. The highest BCUT2D eigenvalue weighted by Gasteiger charge is 2.16. The molecule has 6 N–H and O–H groups in total. The summed E-state index contributed by atoms with van der Waals surface area (Å²) in [4.78, 5) is 21.0. The Kier molecular flexibility index (Phi) is 4.12. The summed E-state index contributed by atoms with van der Waals surface area (Å²) in [5, 5.41) is 24.5. The number of nitrogens with zero attached hydrogens (tertiary/aromatic N) is 3. The lowest BCUT2D eigenvalue weighted by atomic mass is 10.2. The van der Waals surface area contributed by atoms with Gasteiger partial charge in [0.1, 0.15) is 12.1 Å². The van der Waals surface area contributed by atoms with Crippen molar-refractivity contribution in [3.8, 4) is 0 Å². The van der Waals surface area contributed by atoms with Gasteiger partial charge in [-0.05, 0) is 0 Å². The Balaban J connectivity index is 2.59. The molecule has 1 aromatic rings. The van der Waals surface area contributed by atoms with Crippen LogP contribution in [0.3, 0.4) is 0 Å². The van der Waals surface area contributed by atoms with Crippen molar-refractivity contribution in [1.29, 1.82) is 0 Å². The number of carboxylic acid groups (broad SMARTS) is 2. The molecular formula is C8H13N5O4. The van der Waals surface area contributed by atoms with E-state index in [9.17, 15) is 9.59 Å². The van der Waals surface area contributed by atoms with E-state index in [1.807, 2.05) is 0 Å². The van der Waals surface area contributed by atoms with Crippen LogP contribution >= 0.6 is 0 Å². The van der Waals surface area contributed by atoms with E-state index >= 15 is 0 Å². The molecule has 0 aliphatic rings. The molecule has 2 atom stereocenters. The molecule has 0 spiro atoms. The summed E-state index contributed by atoms with van der Waals surface area (Å²) < 4.78 is 1.24. The molecule has 1 heterocycles. The topological polar surface area (TPSA) is 157 Å². The summed E-state index contributed by atoms with van der Waals surface area (Å²) in [6, 6.07) is -2.15. The van der Waals surface area contributed by atoms with Gasteiger partial charge in [-0.3, -0.25) is 14.3 Å². The SMILES string of the molecule is N[C@@H](Cc1cn(C[C@H](N)C(=O)O)nn1)C(=O)O. The van der Waals surface area contributed by atoms with E-state index in [0.717, 1.165) is 0 Å². The maximum atomic E-state index is 10.5. The fourth-order valence-electron chi connectivity index (χ4n) is 1.11. The molecular weight excluding hydrogens is 230 g/mol. The number of rotatable bonds is 6. The molecule has 9 nitrogen and oxygen atoms in total. The smallest absolute Gasteiger partial charge is 0.322 e. The van der Waals surface area contributed by atoms with Gasteiger partial charge >= 0.3 is 11.9 Å². The van der Waals surface area contributed by atoms with Gasteiger partial charge in [0.15, 0.2) is 0 Å². The van der Waals surface area contributed by atoms with Crippen LogP contribution in [0.5, 0.6) is 0 Å². The van der Waals surface area contributed by atoms with Gasteiger partial charge in [-0.2, -0.15) is 0 Å². The average molecular weight is 243 g/mol. The van der Waals surface area contributed by atoms with Gasteiger partial charge in [0.05, 0.1) is 12.2 Å². The number of nitrogens with two attached hydrogens (primary N) is 2. The van der Waals surface area contributed by atoms with E-state index in [1.165, 1.54) is 10.9 Å². The highest BCUT2D eigenvalue weighted by molar-refractivity contribution is 5.73. The maximum absolute atomic E-state index is 10.5. The zero-order valence-electron chi connectivity index (χ0n) is 8.85. The molecule has 0 aliphatic carbocycles. The summed E-state index contributed by atoms with van der Waals surface area (Å²) in [7, 11) is 0. The van der Waals surface area contributed by atoms with Crippen LogP contribution in [0.4, 0.5) is 0 Å². The van der Waals surface area contributed by atoms with E-state index in [2.05, 4.69) is 10.3 Å². The Hall–Kier alpha value is -2.00. The minimum absolute atomic E-state index is 0.0254. The van der Waals surface area contributed by atoms with Crippen molar-refractivity contribution in [1.82, 2.24) is 15.0 Å². The Morgan fingerprint density at radius 1 is 1.29 bits per heavy atom. The Morgan fingerprint density at radius 2 is 1.88 bits per heavy atom. The Labute approximate surface area is 96.0 Å². The van der Waals surface area contributed by atoms with Gasteiger partial charge in [-0.25, -0.2) is 0 Å². The highest BCUT2D eigenvalue weighted by atomic mass is 16.4. The molecule has 0 unspecified atom stereocenters. The number of carbonyl (C=O) groups is 2. The van der Waals surface area contributed by atoms with Crippen LogP contribution in [0, 0.1) is 0 Å². The van der Waals surface area contributed by atoms with Crippen LogP contribution in [0.1, 0.15) is 5.69 Å². The van der Waals surface area contributed by atoms with Crippen molar-refractivity contribution in [3.05, 3.63) is 11.9 Å². The third kappa shape index (κ3) is 3.81. The normalized spacial score (nSPS) is 14.2. The molecule has 17 heavy (non-hydrogen) atoms. The van der Waals surface area contributed by atoms with E-state index in [1.54, 1.807) is 0 Å². The molecule has 0 saturated carbocycles. The molecule has 1 aromatic heterocycles. The van der Waals surface area contributed by atoms with E-state index in [0.29, 0.717) is 5.69 Å². The molecule has 9 heteroatoms. The molecule has 1 rings (SSSR count). The summed E-state index contributed by atoms with van der Waals surface area (Å²) in [5.41, 5.74) is 11.0. The second kappa shape index (κ2) is 5.37. The predicted molar refractivity (Wildman–Crippen MR) is 54.9 cm³/mol. The first-order valence-electron chi connectivity index (χ1n) is 4.76. The quantitative estimate of drug-likeness (QED) is 0.432. The zero-order valence-corrected chi connectivity index (χ0v) is 8.85. The van der Waals surface area contributed by atoms with E-state index in [4.69, 9.17) is 21.7 Å². The van der Waals surface area contributed by atoms with Crippen molar-refractivity contribution in [2.45, 2.75) is 25.0 Å². The summed E-state index contributed by atoms with van der Waals surface area (Å²) in [6.07, 6.45) is 1.45. The molecule has 0 aliphatic heterocycles. The number of aliphatic carboxylic acids is 2. The molecule has 0 radical (unpaired) electrons. The standard InChI is InChI=1S/C8H13N5O4/c9-5(7(14)15)1-4-2-13(12-11-4)3-6(10)8(16)17/h2,5-6H,1,3,9-10H2,(H,14,15)(H,16,17)/t5-,6-/m0/s1. The van der Waals surface area contributed by atoms with Crippen molar-refractivity contribution >= 4 is 11.9 Å². The van der Waals surface area contributed by atoms with Crippen LogP contribution < -0.4 is 11.5 Å². The van der Waals surface area contributed by atoms with Gasteiger partial charge in [0.2, 0.25) is 0 Å². The maximum Gasteiger partial charge on any atom is 0.322 e. The largest absolute Gasteiger partial charge is 0.480 e. The summed E-state index contributed by atoms with van der Waals surface area (Å²) in [6.45, 7) is -0.0371. The van der Waals surface area contributed by atoms with E-state index in [-0.39, 0.29) is 13.0 Å². The number of aromatic nitrogens is 3. The summed E-state index contributed by atoms with van der Waals surface area (Å²) in [5.74, 6) is -2.29. The molecule has 0 bridgehead atoms. The van der Waals surface area contributed by atoms with Gasteiger partial charge in [-0.15, -0.1) is 5.10 Å². The fourth-order valence-corrected chi connectivity index (χ4v) is 1.11. The molecule has 0 saturated heterocycles. The van der Waals surface area contributed by atoms with Crippen molar-refractivity contribution in [3.63, 3.8) is 0 Å². The molecule has 0 fully saturated rings. The van der Waals surface area contributed by atoms with Crippen molar-refractivity contribution in [2.24, 2.45) is 11.5 Å². The highest BCUT2D eigenvalue weighted by Crippen LogP contribution is 1.98. The van der Waals surface area contributed by atoms with Crippen LogP contribution in [0.15, 0.2) is 6.20 Å². The van der Waals surface area contributed by atoms with Crippen LogP contribution in [0.25, 0.3) is 0 Å². The second-order valence-corrected chi connectivity index (χ2v) is 3.53. The zero-order chi connectivity index (χ0) is 13.0. The minimum atomic E-state index is -1.15. The monoisotopic (exact) mass is 243 g/mol. The number of hydrogen-bond donors (Lipinski definition) is 4. The predicted octanol–water partition coefficient (Wildman–Crippen LogP) is -2.36. The summed E-state index contributed by atoms with van der Waals surface area (Å²) >= 11 is 0.